The Balaban J connectivity index is 1.96. The lowest BCUT2D eigenvalue weighted by molar-refractivity contribution is -0.137. The summed E-state index contributed by atoms with van der Waals surface area (Å²) in [4.78, 5) is 8.60. The highest BCUT2D eigenvalue weighted by Crippen LogP contribution is 2.33. The van der Waals surface area contributed by atoms with Gasteiger partial charge in [0.05, 0.1) is 5.56 Å². The minimum Gasteiger partial charge on any atom is -0.379 e. The zero-order valence-corrected chi connectivity index (χ0v) is 15.3. The van der Waals surface area contributed by atoms with Crippen LogP contribution in [0.2, 0.25) is 0 Å². The van der Waals surface area contributed by atoms with E-state index in [1.54, 1.807) is 0 Å². The SMILES string of the molecule is N/N=C(\N)c1ncc(-c2ccc(C(F)(F)F)cc2)c(NC2CCCCCC2)n1. The van der Waals surface area contributed by atoms with Crippen LogP contribution in [0.3, 0.4) is 0 Å². The molecule has 9 heteroatoms. The number of benzene rings is 1. The van der Waals surface area contributed by atoms with Crippen molar-refractivity contribution in [3.63, 3.8) is 0 Å². The number of nitrogens with two attached hydrogens (primary N) is 2. The molecular formula is C19H23F3N6. The fourth-order valence-electron chi connectivity index (χ4n) is 3.34. The van der Waals surface area contributed by atoms with Gasteiger partial charge in [-0.2, -0.15) is 18.3 Å². The van der Waals surface area contributed by atoms with Crippen LogP contribution in [-0.4, -0.2) is 21.8 Å². The number of nitrogens with zero attached hydrogens (tertiary/aromatic N) is 3. The molecule has 0 unspecified atom stereocenters. The van der Waals surface area contributed by atoms with Crippen LogP contribution >= 0.6 is 0 Å². The van der Waals surface area contributed by atoms with Gasteiger partial charge >= 0.3 is 6.18 Å². The molecule has 1 aliphatic carbocycles. The molecule has 1 aromatic heterocycles. The minimum atomic E-state index is -4.38. The number of hydrogen-bond donors (Lipinski definition) is 3. The fraction of sp³-hybridized carbons (Fsp3) is 0.421. The van der Waals surface area contributed by atoms with E-state index >= 15 is 0 Å². The van der Waals surface area contributed by atoms with E-state index in [-0.39, 0.29) is 17.7 Å². The van der Waals surface area contributed by atoms with Crippen LogP contribution in [0.25, 0.3) is 11.1 Å². The Morgan fingerprint density at radius 1 is 1.07 bits per heavy atom. The van der Waals surface area contributed by atoms with Crippen molar-refractivity contribution in [3.8, 4) is 11.1 Å². The summed E-state index contributed by atoms with van der Waals surface area (Å²) in [5, 5.41) is 6.85. The number of aromatic nitrogens is 2. The minimum absolute atomic E-state index is 0.0112. The van der Waals surface area contributed by atoms with Crippen molar-refractivity contribution >= 4 is 11.7 Å². The molecule has 1 aromatic carbocycles. The van der Waals surface area contributed by atoms with E-state index in [1.165, 1.54) is 31.2 Å². The van der Waals surface area contributed by atoms with Gasteiger partial charge in [-0.05, 0) is 30.5 Å². The van der Waals surface area contributed by atoms with Crippen LogP contribution in [0.15, 0.2) is 35.6 Å². The molecule has 0 radical (unpaired) electrons. The predicted molar refractivity (Wildman–Crippen MR) is 102 cm³/mol. The van der Waals surface area contributed by atoms with Gasteiger partial charge in [0.15, 0.2) is 11.7 Å². The van der Waals surface area contributed by atoms with Crippen LogP contribution in [0.5, 0.6) is 0 Å². The highest BCUT2D eigenvalue weighted by molar-refractivity contribution is 5.94. The van der Waals surface area contributed by atoms with Gasteiger partial charge in [-0.1, -0.05) is 37.8 Å². The van der Waals surface area contributed by atoms with E-state index < -0.39 is 11.7 Å². The van der Waals surface area contributed by atoms with E-state index in [9.17, 15) is 13.2 Å². The molecule has 1 heterocycles. The first kappa shape index (κ1) is 19.9. The van der Waals surface area contributed by atoms with Gasteiger partial charge in [-0.15, -0.1) is 0 Å². The van der Waals surface area contributed by atoms with Crippen molar-refractivity contribution in [2.75, 3.05) is 5.32 Å². The van der Waals surface area contributed by atoms with Crippen LogP contribution < -0.4 is 16.9 Å². The zero-order valence-electron chi connectivity index (χ0n) is 15.3. The highest BCUT2D eigenvalue weighted by Gasteiger charge is 2.30. The topological polar surface area (TPSA) is 102 Å². The van der Waals surface area contributed by atoms with E-state index in [1.807, 2.05) is 0 Å². The Morgan fingerprint density at radius 2 is 1.71 bits per heavy atom. The molecule has 28 heavy (non-hydrogen) atoms. The number of hydrogen-bond acceptors (Lipinski definition) is 5. The first-order valence-electron chi connectivity index (χ1n) is 9.23. The number of nitrogens with one attached hydrogen (secondary N) is 1. The Hall–Kier alpha value is -2.84. The molecule has 0 bridgehead atoms. The molecule has 0 amide bonds. The molecular weight excluding hydrogens is 369 g/mol. The lowest BCUT2D eigenvalue weighted by Crippen LogP contribution is -2.23. The van der Waals surface area contributed by atoms with Crippen molar-refractivity contribution < 1.29 is 13.2 Å². The van der Waals surface area contributed by atoms with Crippen LogP contribution in [-0.2, 0) is 6.18 Å². The van der Waals surface area contributed by atoms with Crippen LogP contribution in [0.4, 0.5) is 19.0 Å². The number of halogens is 3. The zero-order chi connectivity index (χ0) is 20.1. The molecule has 0 spiro atoms. The fourth-order valence-corrected chi connectivity index (χ4v) is 3.34. The van der Waals surface area contributed by atoms with Crippen LogP contribution in [0, 0.1) is 0 Å². The molecule has 0 atom stereocenters. The Kier molecular flexibility index (Phi) is 6.01. The van der Waals surface area contributed by atoms with E-state index in [2.05, 4.69) is 20.4 Å². The standard InChI is InChI=1S/C19H23F3N6/c20-19(21,22)13-9-7-12(8-10-13)15-11-25-18(16(23)28-24)27-17(15)26-14-5-3-1-2-4-6-14/h7-11,14H,1-6,24H2,(H2,23,28)(H,25,26,27). The summed E-state index contributed by atoms with van der Waals surface area (Å²) in [6, 6.07) is 5.16. The second-order valence-corrected chi connectivity index (χ2v) is 6.88. The molecule has 5 N–H and O–H groups in total. The molecule has 0 saturated heterocycles. The summed E-state index contributed by atoms with van der Waals surface area (Å²) in [5.41, 5.74) is 6.21. The van der Waals surface area contributed by atoms with Gasteiger partial charge in [-0.25, -0.2) is 9.97 Å². The van der Waals surface area contributed by atoms with E-state index in [0.717, 1.165) is 37.8 Å². The first-order valence-corrected chi connectivity index (χ1v) is 9.23. The third kappa shape index (κ3) is 4.71. The molecule has 6 nitrogen and oxygen atoms in total. The maximum absolute atomic E-state index is 12.9. The third-order valence-corrected chi connectivity index (χ3v) is 4.88. The van der Waals surface area contributed by atoms with E-state index in [4.69, 9.17) is 11.6 Å². The van der Waals surface area contributed by atoms with Gasteiger partial charge in [0.25, 0.3) is 0 Å². The lowest BCUT2D eigenvalue weighted by atomic mass is 10.0. The Labute approximate surface area is 161 Å². The number of alkyl halides is 3. The maximum atomic E-state index is 12.9. The van der Waals surface area contributed by atoms with Crippen LogP contribution in [0.1, 0.15) is 49.9 Å². The average molecular weight is 392 g/mol. The molecule has 1 aliphatic rings. The highest BCUT2D eigenvalue weighted by atomic mass is 19.4. The van der Waals surface area contributed by atoms with Gasteiger partial charge in [0, 0.05) is 17.8 Å². The van der Waals surface area contributed by atoms with E-state index in [0.29, 0.717) is 16.9 Å². The smallest absolute Gasteiger partial charge is 0.379 e. The maximum Gasteiger partial charge on any atom is 0.416 e. The van der Waals surface area contributed by atoms with Gasteiger partial charge in [-0.3, -0.25) is 0 Å². The van der Waals surface area contributed by atoms with Gasteiger partial charge in [0.2, 0.25) is 0 Å². The largest absolute Gasteiger partial charge is 0.416 e. The van der Waals surface area contributed by atoms with Gasteiger partial charge < -0.3 is 16.9 Å². The van der Waals surface area contributed by atoms with Crippen molar-refractivity contribution in [1.29, 1.82) is 0 Å². The van der Waals surface area contributed by atoms with Gasteiger partial charge in [0.1, 0.15) is 5.82 Å². The number of anilines is 1. The normalized spacial score (nSPS) is 16.6. The van der Waals surface area contributed by atoms with Crippen molar-refractivity contribution in [2.45, 2.75) is 50.7 Å². The molecule has 0 aliphatic heterocycles. The predicted octanol–water partition coefficient (Wildman–Crippen LogP) is 3.88. The van der Waals surface area contributed by atoms with Crippen molar-refractivity contribution in [2.24, 2.45) is 16.7 Å². The van der Waals surface area contributed by atoms with Crippen molar-refractivity contribution in [1.82, 2.24) is 9.97 Å². The first-order chi connectivity index (χ1) is 13.4. The second kappa shape index (κ2) is 8.45. The Morgan fingerprint density at radius 3 is 2.29 bits per heavy atom. The average Bonchev–Trinajstić information content (AvgIpc) is 2.95. The molecule has 2 aromatic rings. The summed E-state index contributed by atoms with van der Waals surface area (Å²) in [7, 11) is 0. The summed E-state index contributed by atoms with van der Waals surface area (Å²) in [5.74, 6) is 5.90. The number of rotatable bonds is 4. The van der Waals surface area contributed by atoms with Crippen molar-refractivity contribution in [3.05, 3.63) is 41.9 Å². The third-order valence-electron chi connectivity index (χ3n) is 4.88. The summed E-state index contributed by atoms with van der Waals surface area (Å²) < 4.78 is 38.6. The lowest BCUT2D eigenvalue weighted by Gasteiger charge is -2.20. The monoisotopic (exact) mass is 392 g/mol. The summed E-state index contributed by atoms with van der Waals surface area (Å²) >= 11 is 0. The molecule has 3 rings (SSSR count). The Bertz CT molecular complexity index is 825. The molecule has 1 saturated carbocycles. The number of hydrazone groups is 1. The second-order valence-electron chi connectivity index (χ2n) is 6.88. The summed E-state index contributed by atoms with van der Waals surface area (Å²) in [6.45, 7) is 0. The molecule has 1 fully saturated rings. The quantitative estimate of drug-likeness (QED) is 0.241. The molecule has 150 valence electrons. The number of amidine groups is 1. The summed E-state index contributed by atoms with van der Waals surface area (Å²) in [6.07, 6.45) is 3.81.